The Kier molecular flexibility index (Phi) is 8.11. The minimum Gasteiger partial charge on any atom is -0.394 e. The number of aliphatic hydroxyl groups excluding tert-OH is 2. The Morgan fingerprint density at radius 3 is 2.39 bits per heavy atom. The van der Waals surface area contributed by atoms with E-state index in [4.69, 9.17) is 5.11 Å². The third-order valence-electron chi connectivity index (χ3n) is 7.17. The number of benzene rings is 1. The van der Waals surface area contributed by atoms with Crippen molar-refractivity contribution in [1.82, 2.24) is 19.8 Å². The minimum atomic E-state index is -1.07. The Balaban J connectivity index is 1.55. The fourth-order valence-electron chi connectivity index (χ4n) is 5.33. The number of fused-ring (bicyclic) bond motifs is 1. The van der Waals surface area contributed by atoms with Gasteiger partial charge in [-0.25, -0.2) is 4.98 Å². The summed E-state index contributed by atoms with van der Waals surface area (Å²) in [5.74, 6) is -0.626. The molecule has 0 bridgehead atoms. The second kappa shape index (κ2) is 11.2. The average Bonchev–Trinajstić information content (AvgIpc) is 2.82. The van der Waals surface area contributed by atoms with Crippen LogP contribution in [0.15, 0.2) is 29.1 Å². The van der Waals surface area contributed by atoms with E-state index in [1.54, 1.807) is 4.57 Å². The molecule has 1 aromatic carbocycles. The summed E-state index contributed by atoms with van der Waals surface area (Å²) in [4.78, 5) is 33.1. The lowest BCUT2D eigenvalue weighted by Gasteiger charge is -2.39. The van der Waals surface area contributed by atoms with Crippen LogP contribution in [0.25, 0.3) is 11.0 Å². The maximum absolute atomic E-state index is 13.4. The van der Waals surface area contributed by atoms with Gasteiger partial charge in [0, 0.05) is 31.7 Å². The van der Waals surface area contributed by atoms with Crippen LogP contribution in [0.3, 0.4) is 0 Å². The van der Waals surface area contributed by atoms with Crippen molar-refractivity contribution in [3.05, 3.63) is 40.3 Å². The van der Waals surface area contributed by atoms with Gasteiger partial charge in [0.1, 0.15) is 0 Å². The molecule has 33 heavy (non-hydrogen) atoms. The average molecular weight is 457 g/mol. The van der Waals surface area contributed by atoms with Gasteiger partial charge in [-0.2, -0.15) is 0 Å². The van der Waals surface area contributed by atoms with Gasteiger partial charge in [-0.1, -0.05) is 44.2 Å². The van der Waals surface area contributed by atoms with E-state index < -0.39 is 24.2 Å². The van der Waals surface area contributed by atoms with E-state index in [-0.39, 0.29) is 18.3 Å². The third-order valence-corrected chi connectivity index (χ3v) is 7.17. The van der Waals surface area contributed by atoms with E-state index in [0.717, 1.165) is 31.4 Å². The molecule has 1 amide bonds. The predicted molar refractivity (Wildman–Crippen MR) is 127 cm³/mol. The van der Waals surface area contributed by atoms with Crippen LogP contribution in [0.2, 0.25) is 0 Å². The van der Waals surface area contributed by atoms with Crippen molar-refractivity contribution in [2.75, 3.05) is 26.2 Å². The van der Waals surface area contributed by atoms with E-state index >= 15 is 0 Å². The van der Waals surface area contributed by atoms with E-state index in [0.29, 0.717) is 11.6 Å². The highest BCUT2D eigenvalue weighted by Gasteiger charge is 2.29. The number of para-hydroxylation sites is 2. The molecule has 0 radical (unpaired) electrons. The van der Waals surface area contributed by atoms with Crippen molar-refractivity contribution in [2.45, 2.75) is 76.0 Å². The summed E-state index contributed by atoms with van der Waals surface area (Å²) in [6.07, 6.45) is 9.86. The molecule has 180 valence electrons. The van der Waals surface area contributed by atoms with Crippen molar-refractivity contribution >= 4 is 16.9 Å². The van der Waals surface area contributed by atoms with Gasteiger partial charge in [0.05, 0.1) is 23.7 Å². The molecule has 2 aromatic rings. The fourth-order valence-corrected chi connectivity index (χ4v) is 5.33. The molecule has 1 aliphatic carbocycles. The van der Waals surface area contributed by atoms with Crippen molar-refractivity contribution in [1.29, 1.82) is 0 Å². The predicted octanol–water partition coefficient (Wildman–Crippen LogP) is 2.23. The number of nitrogens with one attached hydrogen (secondary N) is 1. The maximum atomic E-state index is 13.4. The van der Waals surface area contributed by atoms with Gasteiger partial charge in [-0.05, 0) is 37.8 Å². The zero-order valence-corrected chi connectivity index (χ0v) is 19.3. The van der Waals surface area contributed by atoms with Crippen LogP contribution >= 0.6 is 0 Å². The van der Waals surface area contributed by atoms with E-state index in [1.165, 1.54) is 44.9 Å². The number of amides is 1. The normalized spacial score (nSPS) is 20.3. The SMILES string of the molecule is O=C(NCC(O)CO)c1nc2ccccc2n(C2CCN(C3CCCCCCC3)CC2)c1=O. The molecule has 1 unspecified atom stereocenters. The third kappa shape index (κ3) is 5.62. The first-order chi connectivity index (χ1) is 16.1. The quantitative estimate of drug-likeness (QED) is 0.615. The summed E-state index contributed by atoms with van der Waals surface area (Å²) in [5, 5.41) is 21.0. The van der Waals surface area contributed by atoms with Crippen molar-refractivity contribution in [3.8, 4) is 0 Å². The van der Waals surface area contributed by atoms with Gasteiger partial charge >= 0.3 is 0 Å². The molecular weight excluding hydrogens is 420 g/mol. The van der Waals surface area contributed by atoms with Crippen LogP contribution in [0.5, 0.6) is 0 Å². The molecule has 2 fully saturated rings. The highest BCUT2D eigenvalue weighted by molar-refractivity contribution is 5.93. The molecule has 0 spiro atoms. The number of carbonyl (C=O) groups is 1. The minimum absolute atomic E-state index is 0.0183. The largest absolute Gasteiger partial charge is 0.394 e. The molecule has 1 aromatic heterocycles. The first-order valence-electron chi connectivity index (χ1n) is 12.4. The molecule has 1 atom stereocenters. The Morgan fingerprint density at radius 2 is 1.70 bits per heavy atom. The topological polar surface area (TPSA) is 108 Å². The fraction of sp³-hybridized carbons (Fsp3) is 0.640. The zero-order chi connectivity index (χ0) is 23.2. The zero-order valence-electron chi connectivity index (χ0n) is 19.3. The summed E-state index contributed by atoms with van der Waals surface area (Å²) >= 11 is 0. The molecule has 2 heterocycles. The number of aliphatic hydroxyl groups is 2. The van der Waals surface area contributed by atoms with E-state index in [1.807, 2.05) is 24.3 Å². The summed E-state index contributed by atoms with van der Waals surface area (Å²) in [5.41, 5.74) is 0.793. The molecule has 1 aliphatic heterocycles. The number of piperidine rings is 1. The summed E-state index contributed by atoms with van der Waals surface area (Å²) < 4.78 is 1.76. The number of likely N-dealkylation sites (tertiary alicyclic amines) is 1. The van der Waals surface area contributed by atoms with Gasteiger partial charge in [-0.3, -0.25) is 9.59 Å². The molecule has 3 N–H and O–H groups in total. The standard InChI is InChI=1S/C25H36N4O4/c30-17-20(31)16-26-24(32)23-25(33)29(22-11-7-6-10-21(22)27-23)19-12-14-28(15-13-19)18-8-4-2-1-3-5-9-18/h6-7,10-11,18-20,30-31H,1-5,8-9,12-17H2,(H,26,32). The summed E-state index contributed by atoms with van der Waals surface area (Å²) in [6.45, 7) is 1.32. The van der Waals surface area contributed by atoms with Crippen molar-refractivity contribution in [2.24, 2.45) is 0 Å². The molecular formula is C25H36N4O4. The van der Waals surface area contributed by atoms with Crippen LogP contribution in [0.1, 0.15) is 74.3 Å². The Hall–Kier alpha value is -2.29. The lowest BCUT2D eigenvalue weighted by molar-refractivity contribution is 0.0796. The van der Waals surface area contributed by atoms with Gasteiger partial charge in [0.25, 0.3) is 11.5 Å². The second-order valence-corrected chi connectivity index (χ2v) is 9.44. The Morgan fingerprint density at radius 1 is 1.03 bits per heavy atom. The summed E-state index contributed by atoms with van der Waals surface area (Å²) in [6, 6.07) is 8.11. The highest BCUT2D eigenvalue weighted by Crippen LogP contribution is 2.29. The number of hydrogen-bond donors (Lipinski definition) is 3. The first-order valence-corrected chi connectivity index (χ1v) is 12.4. The van der Waals surface area contributed by atoms with Crippen LogP contribution in [-0.4, -0.2) is 69.0 Å². The number of carbonyl (C=O) groups excluding carboxylic acids is 1. The maximum Gasteiger partial charge on any atom is 0.282 e. The van der Waals surface area contributed by atoms with Gasteiger partial charge < -0.3 is 25.0 Å². The monoisotopic (exact) mass is 456 g/mol. The van der Waals surface area contributed by atoms with Crippen LogP contribution in [-0.2, 0) is 0 Å². The molecule has 1 saturated heterocycles. The smallest absolute Gasteiger partial charge is 0.282 e. The van der Waals surface area contributed by atoms with Crippen molar-refractivity contribution in [3.63, 3.8) is 0 Å². The van der Waals surface area contributed by atoms with Gasteiger partial charge in [0.2, 0.25) is 0 Å². The lowest BCUT2D eigenvalue weighted by Crippen LogP contribution is -2.44. The molecule has 8 heteroatoms. The van der Waals surface area contributed by atoms with E-state index in [2.05, 4.69) is 15.2 Å². The van der Waals surface area contributed by atoms with Gasteiger partial charge in [-0.15, -0.1) is 0 Å². The van der Waals surface area contributed by atoms with Crippen LogP contribution in [0.4, 0.5) is 0 Å². The Labute approximate surface area is 194 Å². The molecule has 1 saturated carbocycles. The lowest BCUT2D eigenvalue weighted by atomic mass is 9.93. The molecule has 8 nitrogen and oxygen atoms in total. The van der Waals surface area contributed by atoms with E-state index in [9.17, 15) is 14.7 Å². The molecule has 2 aliphatic rings. The van der Waals surface area contributed by atoms with Crippen molar-refractivity contribution < 1.29 is 15.0 Å². The van der Waals surface area contributed by atoms with Crippen LogP contribution < -0.4 is 10.9 Å². The second-order valence-electron chi connectivity index (χ2n) is 9.44. The number of rotatable bonds is 6. The van der Waals surface area contributed by atoms with Crippen LogP contribution in [0, 0.1) is 0 Å². The summed E-state index contributed by atoms with van der Waals surface area (Å²) in [7, 11) is 0. The first kappa shape index (κ1) is 23.9. The Bertz CT molecular complexity index is 992. The molecule has 4 rings (SSSR count). The highest BCUT2D eigenvalue weighted by atomic mass is 16.3. The number of aromatic nitrogens is 2. The number of hydrogen-bond acceptors (Lipinski definition) is 6. The van der Waals surface area contributed by atoms with Gasteiger partial charge in [0.15, 0.2) is 5.69 Å². The number of nitrogens with zero attached hydrogens (tertiary/aromatic N) is 3.